The Balaban J connectivity index is 1.79. The molecule has 2 rings (SSSR count). The fraction of sp³-hybridized carbons (Fsp3) is 0.833. The zero-order valence-electron chi connectivity index (χ0n) is 15.5. The van der Waals surface area contributed by atoms with Crippen molar-refractivity contribution >= 4 is 17.7 Å². The molecule has 0 aromatic rings. The normalized spacial score (nSPS) is 20.2. The first-order chi connectivity index (χ1) is 11.2. The van der Waals surface area contributed by atoms with Crippen molar-refractivity contribution in [3.63, 3.8) is 0 Å². The van der Waals surface area contributed by atoms with Crippen LogP contribution in [0.4, 0.5) is 0 Å². The van der Waals surface area contributed by atoms with Gasteiger partial charge >= 0.3 is 0 Å². The molecule has 2 saturated heterocycles. The van der Waals surface area contributed by atoms with Crippen molar-refractivity contribution in [2.45, 2.75) is 47.0 Å². The number of rotatable bonds is 2. The summed E-state index contributed by atoms with van der Waals surface area (Å²) in [5.74, 6) is 0.495. The molecule has 2 fully saturated rings. The molecule has 0 spiro atoms. The molecule has 6 heteroatoms. The molecule has 2 aliphatic rings. The van der Waals surface area contributed by atoms with Gasteiger partial charge in [0.25, 0.3) is 0 Å². The van der Waals surface area contributed by atoms with Gasteiger partial charge in [-0.1, -0.05) is 20.8 Å². The first kappa shape index (κ1) is 18.7. The average Bonchev–Trinajstić information content (AvgIpc) is 2.53. The first-order valence-electron chi connectivity index (χ1n) is 8.99. The zero-order valence-corrected chi connectivity index (χ0v) is 15.5. The van der Waals surface area contributed by atoms with Gasteiger partial charge in [-0.25, -0.2) is 0 Å². The number of likely N-dealkylation sites (tertiary alicyclic amines) is 1. The number of amides is 3. The van der Waals surface area contributed by atoms with Crippen molar-refractivity contribution in [3.8, 4) is 0 Å². The standard InChI is InChI=1S/C18H31N3O3/c1-14(22)19-7-5-15(6-8-19)17(24)21-11-9-20(10-12-21)16(23)13-18(2,3)4/h15H,5-13H2,1-4H3. The van der Waals surface area contributed by atoms with Crippen LogP contribution >= 0.6 is 0 Å². The molecule has 0 aromatic carbocycles. The molecule has 24 heavy (non-hydrogen) atoms. The van der Waals surface area contributed by atoms with Crippen molar-refractivity contribution < 1.29 is 14.4 Å². The van der Waals surface area contributed by atoms with Gasteiger partial charge in [0, 0.05) is 58.5 Å². The Hall–Kier alpha value is -1.59. The number of carbonyl (C=O) groups is 3. The van der Waals surface area contributed by atoms with E-state index >= 15 is 0 Å². The molecule has 136 valence electrons. The Morgan fingerprint density at radius 2 is 1.33 bits per heavy atom. The van der Waals surface area contributed by atoms with Crippen molar-refractivity contribution in [2.24, 2.45) is 11.3 Å². The predicted molar refractivity (Wildman–Crippen MR) is 92.2 cm³/mol. The van der Waals surface area contributed by atoms with Crippen LogP contribution in [0, 0.1) is 11.3 Å². The molecule has 0 radical (unpaired) electrons. The monoisotopic (exact) mass is 337 g/mol. The number of carbonyl (C=O) groups excluding carboxylic acids is 3. The molecule has 0 atom stereocenters. The highest BCUT2D eigenvalue weighted by molar-refractivity contribution is 5.81. The third-order valence-electron chi connectivity index (χ3n) is 4.92. The minimum absolute atomic E-state index is 0.00524. The molecule has 6 nitrogen and oxygen atoms in total. The van der Waals surface area contributed by atoms with E-state index in [0.29, 0.717) is 45.7 Å². The summed E-state index contributed by atoms with van der Waals surface area (Å²) in [5, 5.41) is 0. The van der Waals surface area contributed by atoms with E-state index < -0.39 is 0 Å². The maximum Gasteiger partial charge on any atom is 0.225 e. The molecule has 2 heterocycles. The third kappa shape index (κ3) is 4.95. The summed E-state index contributed by atoms with van der Waals surface area (Å²) in [4.78, 5) is 41.9. The number of hydrogen-bond acceptors (Lipinski definition) is 3. The van der Waals surface area contributed by atoms with Crippen LogP contribution in [0.2, 0.25) is 0 Å². The van der Waals surface area contributed by atoms with E-state index in [1.807, 2.05) is 14.7 Å². The molecule has 2 aliphatic heterocycles. The molecule has 0 unspecified atom stereocenters. The Morgan fingerprint density at radius 1 is 0.833 bits per heavy atom. The van der Waals surface area contributed by atoms with Gasteiger partial charge in [-0.3, -0.25) is 14.4 Å². The maximum atomic E-state index is 12.7. The summed E-state index contributed by atoms with van der Waals surface area (Å²) in [6.07, 6.45) is 2.05. The molecular formula is C18H31N3O3. The van der Waals surface area contributed by atoms with E-state index in [0.717, 1.165) is 12.8 Å². The van der Waals surface area contributed by atoms with Crippen molar-refractivity contribution in [3.05, 3.63) is 0 Å². The molecule has 3 amide bonds. The minimum atomic E-state index is -0.00524. The highest BCUT2D eigenvalue weighted by Crippen LogP contribution is 2.22. The van der Waals surface area contributed by atoms with Gasteiger partial charge in [-0.2, -0.15) is 0 Å². The van der Waals surface area contributed by atoms with Gasteiger partial charge in [0.15, 0.2) is 0 Å². The summed E-state index contributed by atoms with van der Waals surface area (Å²) in [6.45, 7) is 11.7. The number of piperazine rings is 1. The Bertz CT molecular complexity index is 482. The molecule has 0 bridgehead atoms. The third-order valence-corrected chi connectivity index (χ3v) is 4.92. The van der Waals surface area contributed by atoms with Crippen LogP contribution in [0.25, 0.3) is 0 Å². The van der Waals surface area contributed by atoms with Crippen LogP contribution in [0.3, 0.4) is 0 Å². The second kappa shape index (κ2) is 7.53. The summed E-state index contributed by atoms with van der Waals surface area (Å²) < 4.78 is 0. The van der Waals surface area contributed by atoms with Crippen molar-refractivity contribution in [2.75, 3.05) is 39.3 Å². The molecule has 0 N–H and O–H groups in total. The summed E-state index contributed by atoms with van der Waals surface area (Å²) in [6, 6.07) is 0. The second-order valence-corrected chi connectivity index (χ2v) is 8.22. The fourth-order valence-corrected chi connectivity index (χ4v) is 3.44. The van der Waals surface area contributed by atoms with E-state index in [-0.39, 0.29) is 29.1 Å². The van der Waals surface area contributed by atoms with Gasteiger partial charge in [-0.05, 0) is 18.3 Å². The van der Waals surface area contributed by atoms with Gasteiger partial charge in [-0.15, -0.1) is 0 Å². The molecule has 0 aromatic heterocycles. The van der Waals surface area contributed by atoms with Crippen LogP contribution in [-0.2, 0) is 14.4 Å². The average molecular weight is 337 g/mol. The lowest BCUT2D eigenvalue weighted by molar-refractivity contribution is -0.144. The second-order valence-electron chi connectivity index (χ2n) is 8.22. The lowest BCUT2D eigenvalue weighted by Gasteiger charge is -2.39. The fourth-order valence-electron chi connectivity index (χ4n) is 3.44. The van der Waals surface area contributed by atoms with Crippen LogP contribution in [0.15, 0.2) is 0 Å². The van der Waals surface area contributed by atoms with Crippen LogP contribution < -0.4 is 0 Å². The highest BCUT2D eigenvalue weighted by atomic mass is 16.2. The van der Waals surface area contributed by atoms with Crippen molar-refractivity contribution in [1.29, 1.82) is 0 Å². The minimum Gasteiger partial charge on any atom is -0.343 e. The van der Waals surface area contributed by atoms with E-state index in [1.165, 1.54) is 0 Å². The number of hydrogen-bond donors (Lipinski definition) is 0. The first-order valence-corrected chi connectivity index (χ1v) is 8.99. The predicted octanol–water partition coefficient (Wildman–Crippen LogP) is 1.35. The van der Waals surface area contributed by atoms with Gasteiger partial charge in [0.1, 0.15) is 0 Å². The topological polar surface area (TPSA) is 60.9 Å². The number of nitrogens with zero attached hydrogens (tertiary/aromatic N) is 3. The molecular weight excluding hydrogens is 306 g/mol. The summed E-state index contributed by atoms with van der Waals surface area (Å²) in [5.41, 5.74) is -0.00524. The lowest BCUT2D eigenvalue weighted by atomic mass is 9.91. The smallest absolute Gasteiger partial charge is 0.225 e. The van der Waals surface area contributed by atoms with Crippen molar-refractivity contribution in [1.82, 2.24) is 14.7 Å². The van der Waals surface area contributed by atoms with E-state index in [1.54, 1.807) is 6.92 Å². The van der Waals surface area contributed by atoms with Crippen LogP contribution in [0.5, 0.6) is 0 Å². The zero-order chi connectivity index (χ0) is 17.9. The van der Waals surface area contributed by atoms with Crippen LogP contribution in [0.1, 0.15) is 47.0 Å². The molecule has 0 aliphatic carbocycles. The largest absolute Gasteiger partial charge is 0.343 e. The van der Waals surface area contributed by atoms with Gasteiger partial charge < -0.3 is 14.7 Å². The Labute approximate surface area is 145 Å². The quantitative estimate of drug-likeness (QED) is 0.764. The Kier molecular flexibility index (Phi) is 5.88. The lowest BCUT2D eigenvalue weighted by Crippen LogP contribution is -2.53. The van der Waals surface area contributed by atoms with E-state index in [9.17, 15) is 14.4 Å². The van der Waals surface area contributed by atoms with Gasteiger partial charge in [0.2, 0.25) is 17.7 Å². The SMILES string of the molecule is CC(=O)N1CCC(C(=O)N2CCN(C(=O)CC(C)(C)C)CC2)CC1. The Morgan fingerprint density at radius 3 is 1.79 bits per heavy atom. The summed E-state index contributed by atoms with van der Waals surface area (Å²) in [7, 11) is 0. The van der Waals surface area contributed by atoms with Gasteiger partial charge in [0.05, 0.1) is 0 Å². The molecule has 0 saturated carbocycles. The summed E-state index contributed by atoms with van der Waals surface area (Å²) >= 11 is 0. The van der Waals surface area contributed by atoms with Crippen LogP contribution in [-0.4, -0.2) is 71.7 Å². The van der Waals surface area contributed by atoms with E-state index in [2.05, 4.69) is 20.8 Å². The van der Waals surface area contributed by atoms with E-state index in [4.69, 9.17) is 0 Å². The maximum absolute atomic E-state index is 12.7. The highest BCUT2D eigenvalue weighted by Gasteiger charge is 2.32. The number of piperidine rings is 1.